The fourth-order valence-corrected chi connectivity index (χ4v) is 3.14. The van der Waals surface area contributed by atoms with Crippen LogP contribution in [0.15, 0.2) is 40.7 Å². The number of nitrogens with one attached hydrogen (secondary N) is 2. The molecule has 1 fully saturated rings. The van der Waals surface area contributed by atoms with Crippen LogP contribution in [0.1, 0.15) is 22.8 Å². The molecule has 1 saturated carbocycles. The maximum atomic E-state index is 13.8. The van der Waals surface area contributed by atoms with E-state index in [0.29, 0.717) is 18.9 Å². The number of thiophene rings is 1. The molecule has 116 valence electrons. The number of benzene rings is 1. The first kappa shape index (κ1) is 15.0. The Balaban J connectivity index is 1.58. The monoisotopic (exact) mass is 321 g/mol. The Hall–Kier alpha value is -1.95. The second-order valence-corrected chi connectivity index (χ2v) is 6.27. The van der Waals surface area contributed by atoms with Crippen LogP contribution in [0.4, 0.5) is 8.78 Å². The molecule has 1 heterocycles. The van der Waals surface area contributed by atoms with Crippen LogP contribution < -0.4 is 10.6 Å². The first-order valence-electron chi connectivity index (χ1n) is 7.12. The van der Waals surface area contributed by atoms with Crippen molar-refractivity contribution in [3.63, 3.8) is 0 Å². The lowest BCUT2D eigenvalue weighted by Crippen LogP contribution is -2.38. The summed E-state index contributed by atoms with van der Waals surface area (Å²) in [5.74, 6) is -0.439. The number of guanidine groups is 1. The van der Waals surface area contributed by atoms with E-state index >= 15 is 0 Å². The quantitative estimate of drug-likeness (QED) is 0.670. The third-order valence-electron chi connectivity index (χ3n) is 3.72. The van der Waals surface area contributed by atoms with E-state index < -0.39 is 11.6 Å². The molecular weight excluding hydrogens is 304 g/mol. The van der Waals surface area contributed by atoms with Crippen LogP contribution in [0.2, 0.25) is 0 Å². The first-order valence-corrected chi connectivity index (χ1v) is 8.00. The van der Waals surface area contributed by atoms with Crippen LogP contribution in [-0.4, -0.2) is 19.0 Å². The summed E-state index contributed by atoms with van der Waals surface area (Å²) in [5, 5.41) is 8.44. The van der Waals surface area contributed by atoms with Gasteiger partial charge in [-0.3, -0.25) is 4.99 Å². The summed E-state index contributed by atoms with van der Waals surface area (Å²) in [7, 11) is 1.69. The highest BCUT2D eigenvalue weighted by molar-refractivity contribution is 7.09. The number of aliphatic imine (C=N–C) groups is 1. The van der Waals surface area contributed by atoms with Crippen molar-refractivity contribution in [1.29, 1.82) is 0 Å². The van der Waals surface area contributed by atoms with E-state index in [2.05, 4.69) is 15.6 Å². The summed E-state index contributed by atoms with van der Waals surface area (Å²) in [6.45, 7) is 0.683. The van der Waals surface area contributed by atoms with Gasteiger partial charge in [0, 0.05) is 29.4 Å². The topological polar surface area (TPSA) is 36.4 Å². The van der Waals surface area contributed by atoms with Gasteiger partial charge >= 0.3 is 0 Å². The van der Waals surface area contributed by atoms with Crippen molar-refractivity contribution in [3.05, 3.63) is 57.8 Å². The number of nitrogens with zero attached hydrogens (tertiary/aromatic N) is 1. The molecule has 0 aliphatic heterocycles. The van der Waals surface area contributed by atoms with Crippen LogP contribution in [0.25, 0.3) is 0 Å². The zero-order valence-electron chi connectivity index (χ0n) is 12.1. The van der Waals surface area contributed by atoms with E-state index in [1.165, 1.54) is 23.1 Å². The van der Waals surface area contributed by atoms with Gasteiger partial charge in [0.1, 0.15) is 11.6 Å². The van der Waals surface area contributed by atoms with Gasteiger partial charge in [0.05, 0.1) is 6.54 Å². The predicted octanol–water partition coefficient (Wildman–Crippen LogP) is 3.25. The molecule has 2 N–H and O–H groups in total. The number of hydrogen-bond donors (Lipinski definition) is 2. The normalized spacial score (nSPS) is 20.8. The standard InChI is InChI=1S/C16H17F2N3S/c1-19-16(20-9-10-4-3-7-22-10)21-14-8-11(14)15-12(17)5-2-6-13(15)18/h2-7,11,14H,8-9H2,1H3,(H2,19,20,21). The summed E-state index contributed by atoms with van der Waals surface area (Å²) in [6.07, 6.45) is 0.706. The molecule has 22 heavy (non-hydrogen) atoms. The lowest BCUT2D eigenvalue weighted by Gasteiger charge is -2.11. The van der Waals surface area contributed by atoms with Gasteiger partial charge in [0.2, 0.25) is 0 Å². The molecule has 0 spiro atoms. The van der Waals surface area contributed by atoms with Crippen molar-refractivity contribution in [3.8, 4) is 0 Å². The molecule has 0 saturated heterocycles. The number of rotatable bonds is 4. The lowest BCUT2D eigenvalue weighted by molar-refractivity contribution is 0.553. The molecule has 0 bridgehead atoms. The van der Waals surface area contributed by atoms with Gasteiger partial charge in [-0.2, -0.15) is 0 Å². The Labute approximate surface area is 132 Å². The molecular formula is C16H17F2N3S. The van der Waals surface area contributed by atoms with E-state index in [0.717, 1.165) is 0 Å². The minimum Gasteiger partial charge on any atom is -0.353 e. The van der Waals surface area contributed by atoms with Crippen molar-refractivity contribution in [2.45, 2.75) is 24.9 Å². The average molecular weight is 321 g/mol. The lowest BCUT2D eigenvalue weighted by atomic mass is 10.1. The molecule has 2 atom stereocenters. The van der Waals surface area contributed by atoms with E-state index in [1.807, 2.05) is 17.5 Å². The Kier molecular flexibility index (Phi) is 4.38. The molecule has 1 aliphatic carbocycles. The smallest absolute Gasteiger partial charge is 0.191 e. The summed E-state index contributed by atoms with van der Waals surface area (Å²) in [5.41, 5.74) is 0.175. The zero-order chi connectivity index (χ0) is 15.5. The molecule has 2 aromatic rings. The van der Waals surface area contributed by atoms with Gasteiger partial charge in [-0.1, -0.05) is 12.1 Å². The Morgan fingerprint density at radius 2 is 2.05 bits per heavy atom. The Bertz CT molecular complexity index is 650. The Morgan fingerprint density at radius 1 is 1.27 bits per heavy atom. The Morgan fingerprint density at radius 3 is 2.68 bits per heavy atom. The first-order chi connectivity index (χ1) is 10.7. The van der Waals surface area contributed by atoms with Crippen molar-refractivity contribution >= 4 is 17.3 Å². The summed E-state index contributed by atoms with van der Waals surface area (Å²) in [4.78, 5) is 5.36. The average Bonchev–Trinajstić information content (AvgIpc) is 3.04. The number of hydrogen-bond acceptors (Lipinski definition) is 2. The minimum absolute atomic E-state index is 0.0148. The van der Waals surface area contributed by atoms with E-state index in [9.17, 15) is 8.78 Å². The highest BCUT2D eigenvalue weighted by atomic mass is 32.1. The molecule has 2 unspecified atom stereocenters. The van der Waals surface area contributed by atoms with Gasteiger partial charge in [0.15, 0.2) is 5.96 Å². The fourth-order valence-electron chi connectivity index (χ4n) is 2.49. The van der Waals surface area contributed by atoms with Crippen molar-refractivity contribution in [2.75, 3.05) is 7.05 Å². The van der Waals surface area contributed by atoms with Crippen LogP contribution in [0, 0.1) is 11.6 Å². The third kappa shape index (κ3) is 3.27. The van der Waals surface area contributed by atoms with Crippen molar-refractivity contribution in [2.24, 2.45) is 4.99 Å². The predicted molar refractivity (Wildman–Crippen MR) is 85.2 cm³/mol. The molecule has 0 amide bonds. The van der Waals surface area contributed by atoms with E-state index in [4.69, 9.17) is 0 Å². The zero-order valence-corrected chi connectivity index (χ0v) is 13.0. The summed E-state index contributed by atoms with van der Waals surface area (Å²) in [6, 6.07) is 8.05. The van der Waals surface area contributed by atoms with Gasteiger partial charge in [0.25, 0.3) is 0 Å². The largest absolute Gasteiger partial charge is 0.353 e. The molecule has 1 aromatic carbocycles. The third-order valence-corrected chi connectivity index (χ3v) is 4.59. The fraction of sp³-hybridized carbons (Fsp3) is 0.312. The molecule has 6 heteroatoms. The minimum atomic E-state index is -0.476. The van der Waals surface area contributed by atoms with Crippen LogP contribution in [0.3, 0.4) is 0 Å². The summed E-state index contributed by atoms with van der Waals surface area (Å²) >= 11 is 1.67. The van der Waals surface area contributed by atoms with E-state index in [-0.39, 0.29) is 17.5 Å². The number of halogens is 2. The van der Waals surface area contributed by atoms with Crippen LogP contribution in [-0.2, 0) is 6.54 Å². The maximum absolute atomic E-state index is 13.8. The SMILES string of the molecule is CN=C(NCc1cccs1)NC1CC1c1c(F)cccc1F. The summed E-state index contributed by atoms with van der Waals surface area (Å²) < 4.78 is 27.5. The molecule has 3 nitrogen and oxygen atoms in total. The van der Waals surface area contributed by atoms with Gasteiger partial charge < -0.3 is 10.6 Å². The van der Waals surface area contributed by atoms with Crippen LogP contribution in [0.5, 0.6) is 0 Å². The van der Waals surface area contributed by atoms with E-state index in [1.54, 1.807) is 18.4 Å². The van der Waals surface area contributed by atoms with Crippen LogP contribution >= 0.6 is 11.3 Å². The molecule has 1 aromatic heterocycles. The maximum Gasteiger partial charge on any atom is 0.191 e. The van der Waals surface area contributed by atoms with Gasteiger partial charge in [-0.15, -0.1) is 11.3 Å². The second kappa shape index (κ2) is 6.44. The second-order valence-electron chi connectivity index (χ2n) is 5.23. The van der Waals surface area contributed by atoms with Gasteiger partial charge in [-0.05, 0) is 30.0 Å². The van der Waals surface area contributed by atoms with Gasteiger partial charge in [-0.25, -0.2) is 8.78 Å². The van der Waals surface area contributed by atoms with Crippen molar-refractivity contribution in [1.82, 2.24) is 10.6 Å². The van der Waals surface area contributed by atoms with Crippen molar-refractivity contribution < 1.29 is 8.78 Å². The molecule has 0 radical (unpaired) electrons. The molecule has 1 aliphatic rings. The highest BCUT2D eigenvalue weighted by Crippen LogP contribution is 2.43. The molecule has 3 rings (SSSR count). The highest BCUT2D eigenvalue weighted by Gasteiger charge is 2.42.